The Kier molecular flexibility index (Phi) is 4.57. The van der Waals surface area contributed by atoms with Crippen molar-refractivity contribution in [1.29, 1.82) is 0 Å². The lowest BCUT2D eigenvalue weighted by Crippen LogP contribution is -2.47. The number of ether oxygens (including phenoxy) is 1. The molecular formula is C18H27N3O2. The van der Waals surface area contributed by atoms with Crippen LogP contribution in [0.15, 0.2) is 18.5 Å². The van der Waals surface area contributed by atoms with E-state index in [-0.39, 0.29) is 17.4 Å². The van der Waals surface area contributed by atoms with E-state index in [1.165, 1.54) is 12.8 Å². The molecule has 1 atom stereocenters. The van der Waals surface area contributed by atoms with Crippen molar-refractivity contribution < 1.29 is 9.53 Å². The van der Waals surface area contributed by atoms with Gasteiger partial charge in [-0.2, -0.15) is 0 Å². The number of hydrogen-bond donors (Lipinski definition) is 0. The van der Waals surface area contributed by atoms with E-state index in [0.29, 0.717) is 11.3 Å². The van der Waals surface area contributed by atoms with Gasteiger partial charge in [0.25, 0.3) is 5.91 Å². The average Bonchev–Trinajstić information content (AvgIpc) is 2.87. The smallest absolute Gasteiger partial charge is 0.257 e. The third kappa shape index (κ3) is 3.50. The van der Waals surface area contributed by atoms with Gasteiger partial charge in [0.1, 0.15) is 0 Å². The molecule has 5 nitrogen and oxygen atoms in total. The van der Waals surface area contributed by atoms with Crippen LogP contribution in [-0.2, 0) is 0 Å². The van der Waals surface area contributed by atoms with Gasteiger partial charge in [0.2, 0.25) is 0 Å². The second kappa shape index (κ2) is 6.48. The van der Waals surface area contributed by atoms with E-state index < -0.39 is 0 Å². The molecule has 1 aromatic heterocycles. The van der Waals surface area contributed by atoms with E-state index in [1.807, 2.05) is 18.7 Å². The molecule has 0 radical (unpaired) electrons. The summed E-state index contributed by atoms with van der Waals surface area (Å²) in [6, 6.07) is 1.78. The second-order valence-electron chi connectivity index (χ2n) is 7.36. The summed E-state index contributed by atoms with van der Waals surface area (Å²) in [5.41, 5.74) is 0.923. The number of nitrogens with zero attached hydrogens (tertiary/aromatic N) is 3. The van der Waals surface area contributed by atoms with Crippen LogP contribution in [0, 0.1) is 5.41 Å². The summed E-state index contributed by atoms with van der Waals surface area (Å²) in [5, 5.41) is 0. The molecule has 1 amide bonds. The van der Waals surface area contributed by atoms with Crippen LogP contribution < -0.4 is 4.74 Å². The molecule has 1 spiro atoms. The van der Waals surface area contributed by atoms with Gasteiger partial charge in [-0.25, -0.2) is 0 Å². The van der Waals surface area contributed by atoms with Crippen LogP contribution in [0.1, 0.15) is 43.5 Å². The lowest BCUT2D eigenvalue weighted by molar-refractivity contribution is 0.0529. The molecule has 0 N–H and O–H groups in total. The number of aromatic nitrogens is 1. The Hall–Kier alpha value is -1.62. The summed E-state index contributed by atoms with van der Waals surface area (Å²) < 4.78 is 5.77. The van der Waals surface area contributed by atoms with Crippen molar-refractivity contribution in [2.75, 3.05) is 33.2 Å². The van der Waals surface area contributed by atoms with E-state index in [0.717, 1.165) is 32.6 Å². The van der Waals surface area contributed by atoms with Gasteiger partial charge in [-0.05, 0) is 52.8 Å². The molecule has 1 unspecified atom stereocenters. The summed E-state index contributed by atoms with van der Waals surface area (Å²) in [5.74, 6) is 0.673. The Bertz CT molecular complexity index is 571. The fraction of sp³-hybridized carbons (Fsp3) is 0.667. The van der Waals surface area contributed by atoms with Crippen LogP contribution in [-0.4, -0.2) is 60.0 Å². The molecule has 3 rings (SSSR count). The zero-order chi connectivity index (χ0) is 16.4. The maximum absolute atomic E-state index is 13.0. The number of rotatable bonds is 3. The topological polar surface area (TPSA) is 45.7 Å². The molecule has 0 aromatic carbocycles. The minimum Gasteiger partial charge on any atom is -0.489 e. The van der Waals surface area contributed by atoms with Gasteiger partial charge in [-0.15, -0.1) is 0 Å². The van der Waals surface area contributed by atoms with Crippen molar-refractivity contribution in [1.82, 2.24) is 14.8 Å². The third-order valence-corrected chi connectivity index (χ3v) is 4.96. The fourth-order valence-electron chi connectivity index (χ4n) is 3.95. The summed E-state index contributed by atoms with van der Waals surface area (Å²) >= 11 is 0. The first-order chi connectivity index (χ1) is 11.0. The molecule has 0 bridgehead atoms. The first-order valence-electron chi connectivity index (χ1n) is 8.58. The first-order valence-corrected chi connectivity index (χ1v) is 8.58. The second-order valence-corrected chi connectivity index (χ2v) is 7.36. The van der Waals surface area contributed by atoms with Gasteiger partial charge < -0.3 is 14.5 Å². The highest BCUT2D eigenvalue weighted by Gasteiger charge is 2.41. The summed E-state index contributed by atoms with van der Waals surface area (Å²) in [4.78, 5) is 21.5. The Balaban J connectivity index is 1.78. The molecule has 2 saturated heterocycles. The Labute approximate surface area is 138 Å². The molecule has 3 heterocycles. The number of piperidine rings is 1. The predicted molar refractivity (Wildman–Crippen MR) is 89.7 cm³/mol. The predicted octanol–water partition coefficient (Wildman–Crippen LogP) is 2.43. The highest BCUT2D eigenvalue weighted by molar-refractivity contribution is 5.96. The standard InChI is InChI=1S/C18H27N3O2/c1-14(2)23-16-11-19-8-5-15(16)17(22)21-9-4-6-18(13-21)7-10-20(3)12-18/h5,8,11,14H,4,6-7,9-10,12-13H2,1-3H3. The van der Waals surface area contributed by atoms with Crippen molar-refractivity contribution in [3.05, 3.63) is 24.0 Å². The quantitative estimate of drug-likeness (QED) is 0.859. The van der Waals surface area contributed by atoms with Gasteiger partial charge in [0.05, 0.1) is 17.9 Å². The lowest BCUT2D eigenvalue weighted by atomic mass is 9.79. The zero-order valence-corrected chi connectivity index (χ0v) is 14.4. The lowest BCUT2D eigenvalue weighted by Gasteiger charge is -2.40. The normalized spacial score (nSPS) is 25.3. The number of hydrogen-bond acceptors (Lipinski definition) is 4. The highest BCUT2D eigenvalue weighted by atomic mass is 16.5. The van der Waals surface area contributed by atoms with Gasteiger partial charge in [0, 0.05) is 31.2 Å². The van der Waals surface area contributed by atoms with Gasteiger partial charge in [-0.1, -0.05) is 0 Å². The average molecular weight is 317 g/mol. The molecule has 126 valence electrons. The highest BCUT2D eigenvalue weighted by Crippen LogP contribution is 2.39. The molecule has 2 aliphatic rings. The van der Waals surface area contributed by atoms with Crippen LogP contribution in [0.5, 0.6) is 5.75 Å². The minimum absolute atomic E-state index is 0.0296. The Morgan fingerprint density at radius 3 is 2.83 bits per heavy atom. The number of carbonyl (C=O) groups excluding carboxylic acids is 1. The van der Waals surface area contributed by atoms with Crippen molar-refractivity contribution in [2.24, 2.45) is 5.41 Å². The van der Waals surface area contributed by atoms with Gasteiger partial charge in [0.15, 0.2) is 5.75 Å². The Morgan fingerprint density at radius 1 is 1.30 bits per heavy atom. The molecule has 23 heavy (non-hydrogen) atoms. The van der Waals surface area contributed by atoms with Crippen LogP contribution >= 0.6 is 0 Å². The summed E-state index contributed by atoms with van der Waals surface area (Å²) in [7, 11) is 2.17. The fourth-order valence-corrected chi connectivity index (χ4v) is 3.95. The monoisotopic (exact) mass is 317 g/mol. The summed E-state index contributed by atoms with van der Waals surface area (Å²) in [6.07, 6.45) is 6.86. The van der Waals surface area contributed by atoms with Crippen molar-refractivity contribution in [2.45, 2.75) is 39.2 Å². The van der Waals surface area contributed by atoms with Crippen LogP contribution in [0.4, 0.5) is 0 Å². The van der Waals surface area contributed by atoms with E-state index in [9.17, 15) is 4.79 Å². The van der Waals surface area contributed by atoms with Gasteiger partial charge in [-0.3, -0.25) is 9.78 Å². The third-order valence-electron chi connectivity index (χ3n) is 4.96. The largest absolute Gasteiger partial charge is 0.489 e. The number of amides is 1. The first kappa shape index (κ1) is 16.2. The van der Waals surface area contributed by atoms with E-state index in [2.05, 4.69) is 16.9 Å². The molecule has 2 fully saturated rings. The SMILES string of the molecule is CC(C)Oc1cnccc1C(=O)N1CCCC2(CCN(C)C2)C1. The molecule has 1 aromatic rings. The van der Waals surface area contributed by atoms with Crippen LogP contribution in [0.3, 0.4) is 0 Å². The van der Waals surface area contributed by atoms with Crippen molar-refractivity contribution in [3.8, 4) is 5.75 Å². The number of pyridine rings is 1. The minimum atomic E-state index is 0.0296. The van der Waals surface area contributed by atoms with Crippen LogP contribution in [0.2, 0.25) is 0 Å². The van der Waals surface area contributed by atoms with E-state index >= 15 is 0 Å². The molecule has 5 heteroatoms. The molecule has 2 aliphatic heterocycles. The Morgan fingerprint density at radius 2 is 2.13 bits per heavy atom. The van der Waals surface area contributed by atoms with Crippen molar-refractivity contribution in [3.63, 3.8) is 0 Å². The van der Waals surface area contributed by atoms with E-state index in [1.54, 1.807) is 18.5 Å². The zero-order valence-electron chi connectivity index (χ0n) is 14.4. The number of carbonyl (C=O) groups is 1. The van der Waals surface area contributed by atoms with Crippen molar-refractivity contribution >= 4 is 5.91 Å². The van der Waals surface area contributed by atoms with Crippen LogP contribution in [0.25, 0.3) is 0 Å². The molecule has 0 aliphatic carbocycles. The maximum Gasteiger partial charge on any atom is 0.257 e. The molecular weight excluding hydrogens is 290 g/mol. The number of likely N-dealkylation sites (tertiary alicyclic amines) is 2. The van der Waals surface area contributed by atoms with Gasteiger partial charge >= 0.3 is 0 Å². The summed E-state index contributed by atoms with van der Waals surface area (Å²) in [6.45, 7) is 7.87. The molecule has 0 saturated carbocycles. The van der Waals surface area contributed by atoms with E-state index in [4.69, 9.17) is 4.74 Å². The maximum atomic E-state index is 13.0.